The molecule has 3 aliphatic carbocycles. The van der Waals surface area contributed by atoms with Crippen molar-refractivity contribution in [1.29, 1.82) is 0 Å². The van der Waals surface area contributed by atoms with Gasteiger partial charge in [-0.05, 0) is 36.0 Å². The minimum atomic E-state index is -0.515. The molecule has 0 saturated heterocycles. The fraction of sp³-hybridized carbons (Fsp3) is 0.714. The van der Waals surface area contributed by atoms with Gasteiger partial charge in [0.15, 0.2) is 11.6 Å². The highest BCUT2D eigenvalue weighted by molar-refractivity contribution is 5.90. The Bertz CT molecular complexity index is 492. The molecule has 4 heteroatoms. The van der Waals surface area contributed by atoms with Crippen molar-refractivity contribution in [1.82, 2.24) is 4.98 Å². The quantitative estimate of drug-likeness (QED) is 0.874. The van der Waals surface area contributed by atoms with Gasteiger partial charge in [-0.3, -0.25) is 4.79 Å². The Labute approximate surface area is 107 Å². The molecule has 1 amide bonds. The number of fused-ring (bicyclic) bond motifs is 2. The summed E-state index contributed by atoms with van der Waals surface area (Å²) in [6.45, 7) is 7.01. The number of nitrogens with two attached hydrogens (primary N) is 1. The molecule has 4 rings (SSSR count). The first-order valence-corrected chi connectivity index (χ1v) is 6.66. The molecule has 1 aromatic rings. The maximum atomic E-state index is 11.1. The first-order chi connectivity index (χ1) is 8.41. The number of hydrogen-bond donors (Lipinski definition) is 1. The number of hydrogen-bond acceptors (Lipinski definition) is 3. The number of carbonyl (C=O) groups is 1. The second-order valence-corrected chi connectivity index (χ2v) is 6.50. The summed E-state index contributed by atoms with van der Waals surface area (Å²) >= 11 is 0. The molecule has 18 heavy (non-hydrogen) atoms. The largest absolute Gasteiger partial charge is 0.448 e. The Morgan fingerprint density at radius 3 is 2.72 bits per heavy atom. The molecular weight excluding hydrogens is 228 g/mol. The van der Waals surface area contributed by atoms with E-state index in [9.17, 15) is 4.79 Å². The van der Waals surface area contributed by atoms with Gasteiger partial charge in [0.2, 0.25) is 0 Å². The van der Waals surface area contributed by atoms with Crippen LogP contribution in [-0.4, -0.2) is 10.9 Å². The van der Waals surface area contributed by atoms with Crippen molar-refractivity contribution in [3.8, 4) is 0 Å². The molecule has 4 nitrogen and oxygen atoms in total. The molecule has 98 valence electrons. The third-order valence-electron chi connectivity index (χ3n) is 5.45. The van der Waals surface area contributed by atoms with E-state index >= 15 is 0 Å². The summed E-state index contributed by atoms with van der Waals surface area (Å²) in [6, 6.07) is 0. The molecule has 0 radical (unpaired) electrons. The number of aromatic nitrogens is 1. The molecule has 1 heterocycles. The molecule has 2 bridgehead atoms. The number of nitrogens with zero attached hydrogens (tertiary/aromatic N) is 1. The predicted octanol–water partition coefficient (Wildman–Crippen LogP) is 2.56. The van der Waals surface area contributed by atoms with Crippen LogP contribution in [0.5, 0.6) is 0 Å². The van der Waals surface area contributed by atoms with Crippen LogP contribution < -0.4 is 5.73 Å². The van der Waals surface area contributed by atoms with E-state index in [1.54, 1.807) is 0 Å². The van der Waals surface area contributed by atoms with Crippen LogP contribution in [0.2, 0.25) is 0 Å². The summed E-state index contributed by atoms with van der Waals surface area (Å²) in [7, 11) is 0. The predicted molar refractivity (Wildman–Crippen MR) is 66.9 cm³/mol. The average Bonchev–Trinajstić information content (AvgIpc) is 2.77. The van der Waals surface area contributed by atoms with Crippen LogP contribution in [0.15, 0.2) is 10.7 Å². The van der Waals surface area contributed by atoms with E-state index < -0.39 is 5.91 Å². The van der Waals surface area contributed by atoms with Crippen LogP contribution in [0.4, 0.5) is 0 Å². The highest BCUT2D eigenvalue weighted by Gasteiger charge is 2.57. The lowest BCUT2D eigenvalue weighted by atomic mass is 9.43. The summed E-state index contributed by atoms with van der Waals surface area (Å²) in [6.07, 6.45) is 3.83. The van der Waals surface area contributed by atoms with Crippen molar-refractivity contribution in [2.75, 3.05) is 0 Å². The van der Waals surface area contributed by atoms with Gasteiger partial charge in [-0.25, -0.2) is 4.98 Å². The molecule has 0 aromatic carbocycles. The standard InChI is InChI=1S/C14H20N2O2/c1-7-9(4-8-5-10(7)14(8,2)3)13-16-11(6-18-13)12(15)17/h6-10H,4-5H2,1-3H3,(H2,15,17)/t7-,8+,9+,10+/m1/s1. The molecule has 0 unspecified atom stereocenters. The summed E-state index contributed by atoms with van der Waals surface area (Å²) < 4.78 is 5.46. The van der Waals surface area contributed by atoms with Crippen LogP contribution in [0.1, 0.15) is 55.9 Å². The van der Waals surface area contributed by atoms with E-state index in [4.69, 9.17) is 10.2 Å². The van der Waals surface area contributed by atoms with Gasteiger partial charge in [-0.15, -0.1) is 0 Å². The Hall–Kier alpha value is -1.32. The minimum Gasteiger partial charge on any atom is -0.448 e. The third kappa shape index (κ3) is 1.44. The Balaban J connectivity index is 1.84. The van der Waals surface area contributed by atoms with E-state index in [1.807, 2.05) is 0 Å². The highest BCUT2D eigenvalue weighted by Crippen LogP contribution is 2.64. The van der Waals surface area contributed by atoms with Gasteiger partial charge in [-0.1, -0.05) is 20.8 Å². The fourth-order valence-corrected chi connectivity index (χ4v) is 4.05. The molecule has 4 atom stereocenters. The first kappa shape index (κ1) is 11.8. The minimum absolute atomic E-state index is 0.246. The van der Waals surface area contributed by atoms with Crippen LogP contribution in [0.3, 0.4) is 0 Å². The zero-order valence-electron chi connectivity index (χ0n) is 11.1. The summed E-state index contributed by atoms with van der Waals surface area (Å²) in [4.78, 5) is 15.3. The van der Waals surface area contributed by atoms with Crippen molar-refractivity contribution >= 4 is 5.91 Å². The molecule has 3 fully saturated rings. The van der Waals surface area contributed by atoms with E-state index in [0.717, 1.165) is 18.3 Å². The van der Waals surface area contributed by atoms with E-state index in [2.05, 4.69) is 25.8 Å². The van der Waals surface area contributed by atoms with Gasteiger partial charge in [-0.2, -0.15) is 0 Å². The van der Waals surface area contributed by atoms with Crippen molar-refractivity contribution in [3.05, 3.63) is 17.8 Å². The van der Waals surface area contributed by atoms with E-state index in [0.29, 0.717) is 23.1 Å². The monoisotopic (exact) mass is 248 g/mol. The van der Waals surface area contributed by atoms with Crippen molar-refractivity contribution in [3.63, 3.8) is 0 Å². The molecule has 3 aliphatic rings. The third-order valence-corrected chi connectivity index (χ3v) is 5.45. The van der Waals surface area contributed by atoms with Gasteiger partial charge in [0, 0.05) is 5.92 Å². The van der Waals surface area contributed by atoms with Gasteiger partial charge in [0.1, 0.15) is 6.26 Å². The number of oxazole rings is 1. The maximum absolute atomic E-state index is 11.1. The van der Waals surface area contributed by atoms with Crippen LogP contribution in [0.25, 0.3) is 0 Å². The highest BCUT2D eigenvalue weighted by atomic mass is 16.3. The summed E-state index contributed by atoms with van der Waals surface area (Å²) in [5.74, 6) is 2.58. The second kappa shape index (κ2) is 3.59. The van der Waals surface area contributed by atoms with Gasteiger partial charge >= 0.3 is 0 Å². The lowest BCUT2D eigenvalue weighted by Gasteiger charge is -2.61. The maximum Gasteiger partial charge on any atom is 0.270 e. The summed E-state index contributed by atoms with van der Waals surface area (Å²) in [5.41, 5.74) is 5.91. The zero-order chi connectivity index (χ0) is 13.1. The van der Waals surface area contributed by atoms with E-state index in [-0.39, 0.29) is 5.69 Å². The SMILES string of the molecule is C[C@@H]1[C@@H](c2nc(C(N)=O)co2)C[C@H]2C[C@@H]1C2(C)C. The number of amides is 1. The van der Waals surface area contributed by atoms with Gasteiger partial charge in [0.25, 0.3) is 5.91 Å². The molecule has 0 spiro atoms. The van der Waals surface area contributed by atoms with Crippen molar-refractivity contribution in [2.24, 2.45) is 28.9 Å². The van der Waals surface area contributed by atoms with Crippen LogP contribution in [0, 0.1) is 23.2 Å². The number of carbonyl (C=O) groups excluding carboxylic acids is 1. The fourth-order valence-electron chi connectivity index (χ4n) is 4.05. The Kier molecular flexibility index (Phi) is 2.34. The molecule has 1 aromatic heterocycles. The lowest BCUT2D eigenvalue weighted by Crippen LogP contribution is -2.54. The molecule has 0 aliphatic heterocycles. The zero-order valence-corrected chi connectivity index (χ0v) is 11.1. The smallest absolute Gasteiger partial charge is 0.270 e. The summed E-state index contributed by atoms with van der Waals surface area (Å²) in [5, 5.41) is 0. The first-order valence-electron chi connectivity index (χ1n) is 6.66. The topological polar surface area (TPSA) is 69.1 Å². The van der Waals surface area contributed by atoms with Crippen molar-refractivity contribution < 1.29 is 9.21 Å². The number of primary amides is 1. The molecule has 3 saturated carbocycles. The Morgan fingerprint density at radius 2 is 2.22 bits per heavy atom. The second-order valence-electron chi connectivity index (χ2n) is 6.50. The normalized spacial score (nSPS) is 37.1. The van der Waals surface area contributed by atoms with Gasteiger partial charge in [0.05, 0.1) is 0 Å². The average molecular weight is 248 g/mol. The number of rotatable bonds is 2. The van der Waals surface area contributed by atoms with E-state index in [1.165, 1.54) is 12.7 Å². The molecule has 2 N–H and O–H groups in total. The lowest BCUT2D eigenvalue weighted by molar-refractivity contribution is -0.114. The van der Waals surface area contributed by atoms with Gasteiger partial charge < -0.3 is 10.2 Å². The molecular formula is C14H20N2O2. The Morgan fingerprint density at radius 1 is 1.50 bits per heavy atom. The van der Waals surface area contributed by atoms with Crippen molar-refractivity contribution in [2.45, 2.75) is 39.5 Å². The van der Waals surface area contributed by atoms with Crippen LogP contribution >= 0.6 is 0 Å². The van der Waals surface area contributed by atoms with Crippen LogP contribution in [-0.2, 0) is 0 Å².